The van der Waals surface area contributed by atoms with Crippen molar-refractivity contribution in [2.24, 2.45) is 0 Å². The van der Waals surface area contributed by atoms with E-state index in [0.717, 1.165) is 6.26 Å². The zero-order chi connectivity index (χ0) is 26.6. The largest absolute Gasteiger partial charge is 0.497 e. The highest BCUT2D eigenvalue weighted by Crippen LogP contribution is 2.68. The van der Waals surface area contributed by atoms with Gasteiger partial charge in [-0.3, -0.25) is 0 Å². The van der Waals surface area contributed by atoms with Crippen LogP contribution in [0.1, 0.15) is 22.6 Å². The summed E-state index contributed by atoms with van der Waals surface area (Å²) in [5.74, 6) is 0.644. The summed E-state index contributed by atoms with van der Waals surface area (Å²) >= 11 is 0. The minimum atomic E-state index is -3.81. The SMILES string of the molecule is COc1ccc([C@@]23Oc4cc(OC)cc(OC)c4[C@]2(O)[C@H](O)[C@H](NS(C)(=O)=O)[C@H]3c2ccccc2)cc1. The van der Waals surface area contributed by atoms with Crippen LogP contribution in [-0.2, 0) is 21.2 Å². The van der Waals surface area contributed by atoms with Crippen molar-refractivity contribution in [3.63, 3.8) is 0 Å². The van der Waals surface area contributed by atoms with E-state index in [1.54, 1.807) is 43.5 Å². The number of fused-ring (bicyclic) bond motifs is 3. The molecule has 196 valence electrons. The highest BCUT2D eigenvalue weighted by molar-refractivity contribution is 7.88. The lowest BCUT2D eigenvalue weighted by Crippen LogP contribution is -2.52. The Morgan fingerprint density at radius 2 is 1.57 bits per heavy atom. The van der Waals surface area contributed by atoms with E-state index in [4.69, 9.17) is 18.9 Å². The first-order valence-electron chi connectivity index (χ1n) is 11.6. The first-order valence-corrected chi connectivity index (χ1v) is 13.5. The molecule has 0 unspecified atom stereocenters. The molecule has 0 spiro atoms. The third-order valence-corrected chi connectivity index (χ3v) is 8.01. The van der Waals surface area contributed by atoms with Crippen LogP contribution in [0, 0.1) is 0 Å². The van der Waals surface area contributed by atoms with Gasteiger partial charge in [-0.05, 0) is 23.3 Å². The molecular weight excluding hydrogens is 498 g/mol. The molecule has 2 aliphatic rings. The van der Waals surface area contributed by atoms with Gasteiger partial charge in [-0.15, -0.1) is 0 Å². The number of hydrogen-bond donors (Lipinski definition) is 3. The normalized spacial score (nSPS) is 28.2. The maximum Gasteiger partial charge on any atom is 0.209 e. The summed E-state index contributed by atoms with van der Waals surface area (Å²) < 4.78 is 50.7. The van der Waals surface area contributed by atoms with Gasteiger partial charge < -0.3 is 29.2 Å². The molecule has 5 rings (SSSR count). The van der Waals surface area contributed by atoms with Gasteiger partial charge in [0.2, 0.25) is 10.0 Å². The second kappa shape index (κ2) is 8.91. The predicted octanol–water partition coefficient (Wildman–Crippen LogP) is 2.26. The Balaban J connectivity index is 1.87. The predicted molar refractivity (Wildman–Crippen MR) is 136 cm³/mol. The van der Waals surface area contributed by atoms with Gasteiger partial charge in [-0.2, -0.15) is 0 Å². The summed E-state index contributed by atoms with van der Waals surface area (Å²) in [6.45, 7) is 0. The van der Waals surface area contributed by atoms with Crippen LogP contribution in [0.15, 0.2) is 66.7 Å². The lowest BCUT2D eigenvalue weighted by molar-refractivity contribution is -0.150. The van der Waals surface area contributed by atoms with E-state index in [2.05, 4.69) is 4.72 Å². The van der Waals surface area contributed by atoms with E-state index in [-0.39, 0.29) is 17.1 Å². The quantitative estimate of drug-likeness (QED) is 0.428. The fourth-order valence-electron chi connectivity index (χ4n) is 5.88. The highest BCUT2D eigenvalue weighted by atomic mass is 32.2. The maximum atomic E-state index is 12.7. The fraction of sp³-hybridized carbons (Fsp3) is 0.333. The average Bonchev–Trinajstić information content (AvgIpc) is 3.26. The van der Waals surface area contributed by atoms with Crippen LogP contribution in [0.25, 0.3) is 0 Å². The van der Waals surface area contributed by atoms with E-state index >= 15 is 0 Å². The lowest BCUT2D eigenvalue weighted by Gasteiger charge is -2.40. The van der Waals surface area contributed by atoms with Crippen LogP contribution in [0.5, 0.6) is 23.0 Å². The lowest BCUT2D eigenvalue weighted by atomic mass is 9.71. The van der Waals surface area contributed by atoms with Crippen molar-refractivity contribution in [3.05, 3.63) is 83.4 Å². The van der Waals surface area contributed by atoms with E-state index in [9.17, 15) is 18.6 Å². The molecule has 0 radical (unpaired) electrons. The molecule has 10 heteroatoms. The van der Waals surface area contributed by atoms with Gasteiger partial charge >= 0.3 is 0 Å². The van der Waals surface area contributed by atoms with Crippen LogP contribution < -0.4 is 23.7 Å². The third kappa shape index (κ3) is 3.66. The molecule has 3 N–H and O–H groups in total. The Bertz CT molecular complexity index is 1410. The number of aliphatic hydroxyl groups excluding tert-OH is 1. The average molecular weight is 528 g/mol. The number of methoxy groups -OCH3 is 3. The van der Waals surface area contributed by atoms with Gasteiger partial charge in [0.05, 0.1) is 45.1 Å². The van der Waals surface area contributed by atoms with Gasteiger partial charge in [0.25, 0.3) is 0 Å². The topological polar surface area (TPSA) is 124 Å². The zero-order valence-electron chi connectivity index (χ0n) is 20.8. The maximum absolute atomic E-state index is 12.7. The molecule has 0 aromatic heterocycles. The minimum Gasteiger partial charge on any atom is -0.497 e. The number of aliphatic hydroxyl groups is 2. The molecule has 3 aromatic carbocycles. The Morgan fingerprint density at radius 1 is 0.919 bits per heavy atom. The number of sulfonamides is 1. The second-order valence-corrected chi connectivity index (χ2v) is 11.1. The van der Waals surface area contributed by atoms with Gasteiger partial charge in [0, 0.05) is 12.1 Å². The van der Waals surface area contributed by atoms with Crippen LogP contribution in [0.3, 0.4) is 0 Å². The van der Waals surface area contributed by atoms with Gasteiger partial charge in [-0.1, -0.05) is 42.5 Å². The van der Waals surface area contributed by atoms with Gasteiger partial charge in [0.15, 0.2) is 11.2 Å². The van der Waals surface area contributed by atoms with E-state index in [1.165, 1.54) is 14.2 Å². The number of nitrogens with one attached hydrogen (secondary N) is 1. The van der Waals surface area contributed by atoms with Crippen LogP contribution >= 0.6 is 0 Å². The smallest absolute Gasteiger partial charge is 0.209 e. The standard InChI is InChI=1S/C27H29NO8S/c1-33-18-12-10-17(11-13-18)27-22(16-8-6-5-7-9-16)24(28-37(4,31)32)25(29)26(27,30)23-20(35-3)14-19(34-2)15-21(23)36-27/h5-15,22,24-25,28-30H,1-4H3/t22-,24-,25-,26+,27+/m1/s1. The first kappa shape index (κ1) is 25.3. The summed E-state index contributed by atoms with van der Waals surface area (Å²) in [5, 5.41) is 24.6. The molecule has 5 atom stereocenters. The number of hydrogen-bond acceptors (Lipinski definition) is 8. The van der Waals surface area contributed by atoms with E-state index in [0.29, 0.717) is 22.6 Å². The molecule has 1 aliphatic heterocycles. The summed E-state index contributed by atoms with van der Waals surface area (Å²) in [7, 11) is 0.669. The Kier molecular flexibility index (Phi) is 6.11. The molecular formula is C27H29NO8S. The van der Waals surface area contributed by atoms with Crippen molar-refractivity contribution < 1.29 is 37.6 Å². The van der Waals surface area contributed by atoms with Crippen molar-refractivity contribution in [2.45, 2.75) is 29.3 Å². The molecule has 9 nitrogen and oxygen atoms in total. The first-order chi connectivity index (χ1) is 17.6. The summed E-state index contributed by atoms with van der Waals surface area (Å²) in [6, 6.07) is 18.1. The van der Waals surface area contributed by atoms with Crippen molar-refractivity contribution >= 4 is 10.0 Å². The summed E-state index contributed by atoms with van der Waals surface area (Å²) in [5.41, 5.74) is -2.41. The Labute approximate surface area is 215 Å². The summed E-state index contributed by atoms with van der Waals surface area (Å²) in [6.07, 6.45) is -0.613. The fourth-order valence-corrected chi connectivity index (χ4v) is 6.64. The molecule has 0 amide bonds. The van der Waals surface area contributed by atoms with Crippen LogP contribution in [0.2, 0.25) is 0 Å². The zero-order valence-corrected chi connectivity index (χ0v) is 21.7. The number of rotatable bonds is 7. The molecule has 1 aliphatic carbocycles. The molecule has 0 bridgehead atoms. The van der Waals surface area contributed by atoms with Crippen molar-refractivity contribution in [1.29, 1.82) is 0 Å². The van der Waals surface area contributed by atoms with Crippen LogP contribution in [-0.4, -0.2) is 58.4 Å². The highest BCUT2D eigenvalue weighted by Gasteiger charge is 2.77. The number of benzene rings is 3. The molecule has 3 aromatic rings. The second-order valence-electron chi connectivity index (χ2n) is 9.28. The molecule has 1 heterocycles. The van der Waals surface area contributed by atoms with Crippen molar-refractivity contribution in [2.75, 3.05) is 27.6 Å². The minimum absolute atomic E-state index is 0.206. The molecule has 1 fully saturated rings. The van der Waals surface area contributed by atoms with E-state index < -0.39 is 39.3 Å². The summed E-state index contributed by atoms with van der Waals surface area (Å²) in [4.78, 5) is 0. The van der Waals surface area contributed by atoms with Gasteiger partial charge in [0.1, 0.15) is 29.1 Å². The monoisotopic (exact) mass is 527 g/mol. The van der Waals surface area contributed by atoms with Gasteiger partial charge in [-0.25, -0.2) is 13.1 Å². The Hall–Kier alpha value is -3.31. The Morgan fingerprint density at radius 3 is 2.14 bits per heavy atom. The third-order valence-electron chi connectivity index (χ3n) is 7.31. The van der Waals surface area contributed by atoms with E-state index in [1.807, 2.05) is 30.3 Å². The number of ether oxygens (including phenoxy) is 4. The molecule has 1 saturated carbocycles. The van der Waals surface area contributed by atoms with Crippen LogP contribution in [0.4, 0.5) is 0 Å². The molecule has 0 saturated heterocycles. The molecule has 37 heavy (non-hydrogen) atoms. The van der Waals surface area contributed by atoms with Crippen molar-refractivity contribution in [1.82, 2.24) is 4.72 Å². The van der Waals surface area contributed by atoms with Crippen molar-refractivity contribution in [3.8, 4) is 23.0 Å².